The number of nitrogens with two attached hydrogens (primary N) is 1. The van der Waals surface area contributed by atoms with Gasteiger partial charge in [-0.2, -0.15) is 18.4 Å². The van der Waals surface area contributed by atoms with E-state index in [1.54, 1.807) is 0 Å². The summed E-state index contributed by atoms with van der Waals surface area (Å²) in [5, 5.41) is 0. The van der Waals surface area contributed by atoms with Gasteiger partial charge in [-0.3, -0.25) is 4.79 Å². The van der Waals surface area contributed by atoms with Crippen LogP contribution in [0.2, 0.25) is 0 Å². The Balaban J connectivity index is 2.52. The zero-order valence-electron chi connectivity index (χ0n) is 14.9. The number of methoxy groups -OCH3 is 3. The molecule has 2 rings (SSSR count). The first-order valence-corrected chi connectivity index (χ1v) is 8.79. The number of nitrogen functional groups attached to an aromatic ring is 1. The first-order chi connectivity index (χ1) is 13.3. The van der Waals surface area contributed by atoms with Crippen molar-refractivity contribution in [2.24, 2.45) is 0 Å². The Morgan fingerprint density at radius 2 is 1.75 bits per heavy atom. The maximum Gasteiger partial charge on any atom is 0.341 e. The van der Waals surface area contributed by atoms with Gasteiger partial charge in [0, 0.05) is 5.69 Å². The summed E-state index contributed by atoms with van der Waals surface area (Å²) in [5.74, 6) is -1.37. The molecule has 13 nitrogen and oxygen atoms in total. The van der Waals surface area contributed by atoms with Crippen LogP contribution in [0, 0.1) is 0 Å². The summed E-state index contributed by atoms with van der Waals surface area (Å²) in [6.07, 6.45) is -0.0533. The van der Waals surface area contributed by atoms with E-state index < -0.39 is 26.5 Å². The first kappa shape index (κ1) is 20.6. The zero-order valence-corrected chi connectivity index (χ0v) is 15.8. The third-order valence-corrected chi connectivity index (χ3v) is 4.84. The highest BCUT2D eigenvalue weighted by molar-refractivity contribution is 7.89. The van der Waals surface area contributed by atoms with Crippen molar-refractivity contribution in [2.75, 3.05) is 32.5 Å². The molecule has 150 valence electrons. The normalized spacial score (nSPS) is 10.7. The maximum absolute atomic E-state index is 12.9. The lowest BCUT2D eigenvalue weighted by atomic mass is 10.2. The van der Waals surface area contributed by atoms with Crippen molar-refractivity contribution >= 4 is 34.0 Å². The minimum Gasteiger partial charge on any atom is -0.467 e. The Morgan fingerprint density at radius 1 is 1.14 bits per heavy atom. The number of nitrogens with zero attached hydrogens (tertiary/aromatic N) is 4. The van der Waals surface area contributed by atoms with Gasteiger partial charge in [0.15, 0.2) is 0 Å². The van der Waals surface area contributed by atoms with E-state index in [1.165, 1.54) is 26.4 Å². The summed E-state index contributed by atoms with van der Waals surface area (Å²) in [7, 11) is -1.01. The number of sulfonamides is 1. The van der Waals surface area contributed by atoms with Crippen molar-refractivity contribution in [3.05, 3.63) is 23.8 Å². The van der Waals surface area contributed by atoms with Gasteiger partial charge in [0.05, 0.1) is 21.3 Å². The van der Waals surface area contributed by atoms with Gasteiger partial charge in [0.25, 0.3) is 16.0 Å². The van der Waals surface area contributed by atoms with Crippen LogP contribution < -0.4 is 20.6 Å². The Bertz CT molecular complexity index is 975. The summed E-state index contributed by atoms with van der Waals surface area (Å²) in [6.45, 7) is 0. The molecule has 0 saturated carbocycles. The molecule has 0 saturated heterocycles. The number of hydrogen-bond acceptors (Lipinski definition) is 12. The quantitative estimate of drug-likeness (QED) is 0.245. The van der Waals surface area contributed by atoms with Crippen LogP contribution in [0.3, 0.4) is 0 Å². The fraction of sp³-hybridized carbons (Fsp3) is 0.214. The Hall–Kier alpha value is -3.68. The molecule has 1 heterocycles. The van der Waals surface area contributed by atoms with Crippen LogP contribution in [0.15, 0.2) is 23.1 Å². The lowest BCUT2D eigenvalue weighted by Gasteiger charge is -2.20. The molecule has 2 aromatic rings. The Morgan fingerprint density at radius 3 is 2.25 bits per heavy atom. The maximum atomic E-state index is 12.9. The lowest BCUT2D eigenvalue weighted by molar-refractivity contribution is -0.113. The number of hydrazine groups is 1. The Labute approximate surface area is 159 Å². The fourth-order valence-corrected chi connectivity index (χ4v) is 3.24. The molecule has 14 heteroatoms. The van der Waals surface area contributed by atoms with Crippen molar-refractivity contribution in [1.82, 2.24) is 19.4 Å². The monoisotopic (exact) mass is 412 g/mol. The number of amides is 1. The predicted octanol–water partition coefficient (Wildman–Crippen LogP) is -0.568. The molecule has 1 aromatic heterocycles. The molecule has 0 radical (unpaired) electrons. The lowest BCUT2D eigenvalue weighted by Crippen LogP contribution is -2.36. The van der Waals surface area contributed by atoms with Gasteiger partial charge in [0.2, 0.25) is 6.41 Å². The SMILES string of the molecule is COC(=O)c1c(N)cccc1S(=O)(=O)N(C=O)Nc1nc(OC)nc(OC)n1. The van der Waals surface area contributed by atoms with Crippen molar-refractivity contribution in [1.29, 1.82) is 0 Å². The van der Waals surface area contributed by atoms with E-state index in [-0.39, 0.29) is 34.5 Å². The van der Waals surface area contributed by atoms with E-state index >= 15 is 0 Å². The van der Waals surface area contributed by atoms with Gasteiger partial charge in [-0.1, -0.05) is 6.07 Å². The molecule has 3 N–H and O–H groups in total. The molecule has 1 amide bonds. The minimum atomic E-state index is -4.61. The summed E-state index contributed by atoms with van der Waals surface area (Å²) in [6, 6.07) is 3.30. The van der Waals surface area contributed by atoms with Crippen LogP contribution in [0.4, 0.5) is 11.6 Å². The molecular weight excluding hydrogens is 396 g/mol. The summed E-state index contributed by atoms with van der Waals surface area (Å²) in [5.41, 5.74) is 7.31. The molecule has 0 aliphatic carbocycles. The highest BCUT2D eigenvalue weighted by atomic mass is 32.2. The van der Waals surface area contributed by atoms with Gasteiger partial charge in [-0.05, 0) is 12.1 Å². The molecule has 0 aliphatic heterocycles. The number of ether oxygens (including phenoxy) is 3. The summed E-state index contributed by atoms with van der Waals surface area (Å²) >= 11 is 0. The second kappa shape index (κ2) is 8.34. The number of carbonyl (C=O) groups excluding carboxylic acids is 2. The number of rotatable bonds is 8. The van der Waals surface area contributed by atoms with Crippen molar-refractivity contribution in [2.45, 2.75) is 4.90 Å². The third-order valence-electron chi connectivity index (χ3n) is 3.25. The topological polar surface area (TPSA) is 176 Å². The van der Waals surface area contributed by atoms with Gasteiger partial charge in [0.1, 0.15) is 10.5 Å². The van der Waals surface area contributed by atoms with Crippen LogP contribution >= 0.6 is 0 Å². The molecule has 1 aromatic carbocycles. The van der Waals surface area contributed by atoms with E-state index in [0.29, 0.717) is 0 Å². The van der Waals surface area contributed by atoms with Gasteiger partial charge >= 0.3 is 18.0 Å². The standard InChI is InChI=1S/C14H16N6O7S/c1-25-11(22)10-8(15)5-4-6-9(10)28(23,24)20(7-21)19-12-16-13(26-2)18-14(17-12)27-3/h4-7H,15H2,1-3H3,(H,16,17,18,19). The van der Waals surface area contributed by atoms with Crippen molar-refractivity contribution in [3.8, 4) is 12.0 Å². The highest BCUT2D eigenvalue weighted by Crippen LogP contribution is 2.25. The van der Waals surface area contributed by atoms with Crippen LogP contribution in [0.1, 0.15) is 10.4 Å². The first-order valence-electron chi connectivity index (χ1n) is 7.35. The number of hydrogen-bond donors (Lipinski definition) is 2. The Kier molecular flexibility index (Phi) is 6.15. The average Bonchev–Trinajstić information content (AvgIpc) is 2.70. The second-order valence-electron chi connectivity index (χ2n) is 4.86. The van der Waals surface area contributed by atoms with Gasteiger partial charge in [-0.15, -0.1) is 9.40 Å². The summed E-state index contributed by atoms with van der Waals surface area (Å²) < 4.78 is 40.2. The van der Waals surface area contributed by atoms with Crippen molar-refractivity contribution in [3.63, 3.8) is 0 Å². The van der Waals surface area contributed by atoms with Gasteiger partial charge < -0.3 is 19.9 Å². The molecular formula is C14H16N6O7S. The van der Waals surface area contributed by atoms with E-state index in [4.69, 9.17) is 15.2 Å². The van der Waals surface area contributed by atoms with E-state index in [9.17, 15) is 18.0 Å². The molecule has 0 fully saturated rings. The number of esters is 1. The van der Waals surface area contributed by atoms with E-state index in [0.717, 1.165) is 13.2 Å². The van der Waals surface area contributed by atoms with E-state index in [1.807, 2.05) is 0 Å². The third kappa shape index (κ3) is 4.01. The molecule has 0 aliphatic rings. The largest absolute Gasteiger partial charge is 0.467 e. The predicted molar refractivity (Wildman–Crippen MR) is 93.8 cm³/mol. The average molecular weight is 412 g/mol. The van der Waals surface area contributed by atoms with Crippen molar-refractivity contribution < 1.29 is 32.2 Å². The number of nitrogens with one attached hydrogen (secondary N) is 1. The smallest absolute Gasteiger partial charge is 0.341 e. The molecule has 0 bridgehead atoms. The van der Waals surface area contributed by atoms with Crippen LogP contribution in [-0.4, -0.2) is 61.5 Å². The number of anilines is 2. The molecule has 0 unspecified atom stereocenters. The molecule has 0 spiro atoms. The second-order valence-corrected chi connectivity index (χ2v) is 6.65. The van der Waals surface area contributed by atoms with Crippen LogP contribution in [0.5, 0.6) is 12.0 Å². The van der Waals surface area contributed by atoms with Crippen LogP contribution in [-0.2, 0) is 19.6 Å². The number of carbonyl (C=O) groups is 2. The minimum absolute atomic E-state index is 0.0533. The van der Waals surface area contributed by atoms with Crippen LogP contribution in [0.25, 0.3) is 0 Å². The van der Waals surface area contributed by atoms with Gasteiger partial charge in [-0.25, -0.2) is 10.2 Å². The molecule has 0 atom stereocenters. The zero-order chi connectivity index (χ0) is 20.9. The number of benzene rings is 1. The van der Waals surface area contributed by atoms with E-state index in [2.05, 4.69) is 25.1 Å². The number of aromatic nitrogens is 3. The molecule has 28 heavy (non-hydrogen) atoms. The highest BCUT2D eigenvalue weighted by Gasteiger charge is 2.31. The summed E-state index contributed by atoms with van der Waals surface area (Å²) in [4.78, 5) is 34.2. The fourth-order valence-electron chi connectivity index (χ4n) is 2.00.